The van der Waals surface area contributed by atoms with Crippen LogP contribution in [-0.2, 0) is 11.3 Å². The topological polar surface area (TPSA) is 74.5 Å². The minimum atomic E-state index is 0.261. The van der Waals surface area contributed by atoms with Crippen molar-refractivity contribution in [2.24, 2.45) is 0 Å². The Morgan fingerprint density at radius 2 is 2.00 bits per heavy atom. The van der Waals surface area contributed by atoms with Crippen molar-refractivity contribution in [2.75, 3.05) is 32.7 Å². The lowest BCUT2D eigenvalue weighted by molar-refractivity contribution is -0.133. The number of rotatable bonds is 5. The zero-order valence-electron chi connectivity index (χ0n) is 15.2. The summed E-state index contributed by atoms with van der Waals surface area (Å²) in [6.45, 7) is 4.79. The zero-order valence-corrected chi connectivity index (χ0v) is 16.0. The van der Waals surface area contributed by atoms with Gasteiger partial charge < -0.3 is 14.7 Å². The van der Waals surface area contributed by atoms with E-state index in [1.807, 2.05) is 29.2 Å². The Kier molecular flexibility index (Phi) is 5.71. The van der Waals surface area contributed by atoms with Gasteiger partial charge in [0.25, 0.3) is 0 Å². The maximum absolute atomic E-state index is 12.4. The van der Waals surface area contributed by atoms with Gasteiger partial charge in [-0.05, 0) is 43.7 Å². The molecular weight excluding hydrogens is 366 g/mol. The largest absolute Gasteiger partial charge is 0.340 e. The Morgan fingerprint density at radius 3 is 2.70 bits per heavy atom. The van der Waals surface area contributed by atoms with E-state index in [1.54, 1.807) is 0 Å². The third kappa shape index (κ3) is 4.66. The zero-order chi connectivity index (χ0) is 18.6. The highest BCUT2D eigenvalue weighted by Crippen LogP contribution is 2.19. The predicted molar refractivity (Wildman–Crippen MR) is 102 cm³/mol. The molecule has 0 aliphatic carbocycles. The third-order valence-electron chi connectivity index (χ3n) is 5.24. The van der Waals surface area contributed by atoms with Gasteiger partial charge in [-0.1, -0.05) is 16.8 Å². The molecule has 7 nitrogen and oxygen atoms in total. The fraction of sp³-hybridized carbons (Fsp3) is 0.526. The van der Waals surface area contributed by atoms with E-state index in [-0.39, 0.29) is 5.91 Å². The van der Waals surface area contributed by atoms with E-state index in [2.05, 4.69) is 20.4 Å². The van der Waals surface area contributed by atoms with Crippen LogP contribution in [0.5, 0.6) is 0 Å². The van der Waals surface area contributed by atoms with E-state index in [0.717, 1.165) is 44.7 Å². The number of aromatic nitrogens is 2. The fourth-order valence-electron chi connectivity index (χ4n) is 3.65. The van der Waals surface area contributed by atoms with Crippen molar-refractivity contribution in [3.63, 3.8) is 0 Å². The molecule has 1 unspecified atom stereocenters. The van der Waals surface area contributed by atoms with Gasteiger partial charge in [0, 0.05) is 49.2 Å². The summed E-state index contributed by atoms with van der Waals surface area (Å²) < 4.78 is 5.39. The van der Waals surface area contributed by atoms with Gasteiger partial charge in [-0.25, -0.2) is 0 Å². The molecule has 27 heavy (non-hydrogen) atoms. The number of amides is 1. The van der Waals surface area contributed by atoms with Crippen LogP contribution in [0.3, 0.4) is 0 Å². The summed E-state index contributed by atoms with van der Waals surface area (Å²) in [5.74, 6) is 1.42. The van der Waals surface area contributed by atoms with Crippen molar-refractivity contribution < 1.29 is 9.32 Å². The smallest absolute Gasteiger partial charge is 0.241 e. The fourth-order valence-corrected chi connectivity index (χ4v) is 3.78. The van der Waals surface area contributed by atoms with Gasteiger partial charge in [-0.15, -0.1) is 0 Å². The molecule has 0 bridgehead atoms. The lowest BCUT2D eigenvalue weighted by Gasteiger charge is -2.34. The second kappa shape index (κ2) is 8.37. The van der Waals surface area contributed by atoms with Gasteiger partial charge in [0.2, 0.25) is 17.6 Å². The summed E-state index contributed by atoms with van der Waals surface area (Å²) in [6.07, 6.45) is 2.90. The average Bonchev–Trinajstić information content (AvgIpc) is 3.35. The first kappa shape index (κ1) is 18.4. The first-order chi connectivity index (χ1) is 13.2. The molecule has 1 aromatic heterocycles. The van der Waals surface area contributed by atoms with Gasteiger partial charge in [0.1, 0.15) is 0 Å². The van der Waals surface area contributed by atoms with Crippen LogP contribution in [0.15, 0.2) is 28.8 Å². The Bertz CT molecular complexity index is 765. The monoisotopic (exact) mass is 389 g/mol. The van der Waals surface area contributed by atoms with Gasteiger partial charge in [0.05, 0.1) is 6.54 Å². The number of halogens is 1. The quantitative estimate of drug-likeness (QED) is 0.844. The molecule has 3 heterocycles. The van der Waals surface area contributed by atoms with E-state index in [9.17, 15) is 4.79 Å². The highest BCUT2D eigenvalue weighted by molar-refractivity contribution is 6.30. The Balaban J connectivity index is 1.27. The van der Waals surface area contributed by atoms with Gasteiger partial charge >= 0.3 is 0 Å². The van der Waals surface area contributed by atoms with Gasteiger partial charge in [0.15, 0.2) is 0 Å². The molecule has 1 amide bonds. The van der Waals surface area contributed by atoms with Crippen LogP contribution in [-0.4, -0.2) is 64.6 Å². The molecule has 1 atom stereocenters. The van der Waals surface area contributed by atoms with Crippen molar-refractivity contribution in [1.82, 2.24) is 25.3 Å². The number of carbonyl (C=O) groups excluding carboxylic acids is 1. The lowest BCUT2D eigenvalue weighted by Crippen LogP contribution is -2.49. The molecule has 1 N–H and O–H groups in total. The minimum absolute atomic E-state index is 0.261. The third-order valence-corrected chi connectivity index (χ3v) is 5.49. The van der Waals surface area contributed by atoms with Crippen LogP contribution in [0.2, 0.25) is 5.02 Å². The summed E-state index contributed by atoms with van der Waals surface area (Å²) in [5, 5.41) is 8.13. The van der Waals surface area contributed by atoms with E-state index in [4.69, 9.17) is 16.1 Å². The van der Waals surface area contributed by atoms with Crippen LogP contribution in [0, 0.1) is 0 Å². The van der Waals surface area contributed by atoms with Crippen molar-refractivity contribution in [3.8, 4) is 11.4 Å². The normalized spacial score (nSPS) is 20.9. The Morgan fingerprint density at radius 1 is 1.22 bits per heavy atom. The highest BCUT2D eigenvalue weighted by Gasteiger charge is 2.25. The summed E-state index contributed by atoms with van der Waals surface area (Å²) in [6, 6.07) is 7.73. The van der Waals surface area contributed by atoms with Crippen LogP contribution in [0.25, 0.3) is 11.4 Å². The SMILES string of the molecule is O=C(CC1CCCN1)N1CCN(Cc2nc(-c3ccc(Cl)cc3)no2)CC1. The maximum Gasteiger partial charge on any atom is 0.241 e. The number of carbonyl (C=O) groups is 1. The number of hydrogen-bond acceptors (Lipinski definition) is 6. The summed E-state index contributed by atoms with van der Waals surface area (Å²) in [7, 11) is 0. The molecule has 2 aromatic rings. The molecule has 144 valence electrons. The molecule has 1 aromatic carbocycles. The molecule has 2 saturated heterocycles. The molecule has 0 radical (unpaired) electrons. The van der Waals surface area contributed by atoms with Crippen LogP contribution < -0.4 is 5.32 Å². The molecule has 0 spiro atoms. The lowest BCUT2D eigenvalue weighted by atomic mass is 10.1. The number of piperazine rings is 1. The first-order valence-corrected chi connectivity index (χ1v) is 9.87. The van der Waals surface area contributed by atoms with E-state index >= 15 is 0 Å². The first-order valence-electron chi connectivity index (χ1n) is 9.49. The van der Waals surface area contributed by atoms with E-state index < -0.39 is 0 Å². The minimum Gasteiger partial charge on any atom is -0.340 e. The van der Waals surface area contributed by atoms with Crippen molar-refractivity contribution in [3.05, 3.63) is 35.2 Å². The molecule has 2 aliphatic heterocycles. The van der Waals surface area contributed by atoms with Crippen molar-refractivity contribution in [2.45, 2.75) is 31.8 Å². The predicted octanol–water partition coefficient (Wildman–Crippen LogP) is 2.18. The summed E-state index contributed by atoms with van der Waals surface area (Å²) in [5.41, 5.74) is 0.880. The highest BCUT2D eigenvalue weighted by atomic mass is 35.5. The molecule has 0 saturated carbocycles. The van der Waals surface area contributed by atoms with Crippen molar-refractivity contribution in [1.29, 1.82) is 0 Å². The Labute approximate surface area is 163 Å². The van der Waals surface area contributed by atoms with Crippen LogP contribution in [0.4, 0.5) is 0 Å². The van der Waals surface area contributed by atoms with Crippen LogP contribution >= 0.6 is 11.6 Å². The summed E-state index contributed by atoms with van der Waals surface area (Å²) in [4.78, 5) is 21.1. The average molecular weight is 390 g/mol. The van der Waals surface area contributed by atoms with Gasteiger partial charge in [-0.3, -0.25) is 9.69 Å². The molecular formula is C19H24ClN5O2. The number of benzene rings is 1. The molecule has 4 rings (SSSR count). The Hall–Kier alpha value is -1.96. The van der Waals surface area contributed by atoms with E-state index in [1.165, 1.54) is 6.42 Å². The molecule has 2 aliphatic rings. The standard InChI is InChI=1S/C19H24ClN5O2/c20-15-5-3-14(4-6-15)19-22-17(27-23-19)13-24-8-10-25(11-9-24)18(26)12-16-2-1-7-21-16/h3-6,16,21H,1-2,7-13H2. The number of nitrogens with one attached hydrogen (secondary N) is 1. The second-order valence-electron chi connectivity index (χ2n) is 7.17. The second-order valence-corrected chi connectivity index (χ2v) is 7.61. The maximum atomic E-state index is 12.4. The van der Waals surface area contributed by atoms with E-state index in [0.29, 0.717) is 35.7 Å². The number of nitrogens with zero attached hydrogens (tertiary/aromatic N) is 4. The number of hydrogen-bond donors (Lipinski definition) is 1. The van der Waals surface area contributed by atoms with Crippen LogP contribution in [0.1, 0.15) is 25.2 Å². The van der Waals surface area contributed by atoms with Gasteiger partial charge in [-0.2, -0.15) is 4.98 Å². The molecule has 2 fully saturated rings. The van der Waals surface area contributed by atoms with Crippen molar-refractivity contribution >= 4 is 17.5 Å². The summed E-state index contributed by atoms with van der Waals surface area (Å²) >= 11 is 5.91. The molecule has 8 heteroatoms.